The molecule has 0 bridgehead atoms. The van der Waals surface area contributed by atoms with E-state index in [1.165, 1.54) is 7.11 Å². The third-order valence-electron chi connectivity index (χ3n) is 5.17. The number of methoxy groups -OCH3 is 1. The summed E-state index contributed by atoms with van der Waals surface area (Å²) < 4.78 is 10.9. The summed E-state index contributed by atoms with van der Waals surface area (Å²) in [6.07, 6.45) is 3.17. The maximum absolute atomic E-state index is 12.3. The number of rotatable bonds is 8. The molecule has 1 saturated heterocycles. The fraction of sp³-hybridized carbons (Fsp3) is 0.571. The number of nitrogens with one attached hydrogen (secondary N) is 1. The van der Waals surface area contributed by atoms with E-state index < -0.39 is 0 Å². The average Bonchev–Trinajstić information content (AvgIpc) is 3.21. The molecule has 0 spiro atoms. The minimum Gasteiger partial charge on any atom is -0.490 e. The lowest BCUT2D eigenvalue weighted by molar-refractivity contribution is -0.136. The van der Waals surface area contributed by atoms with Crippen LogP contribution in [0.1, 0.15) is 43.0 Å². The van der Waals surface area contributed by atoms with Gasteiger partial charge in [-0.2, -0.15) is 0 Å². The number of carbonyl (C=O) groups is 2. The Hall–Kier alpha value is -2.61. The Labute approximate surface area is 171 Å². The van der Waals surface area contributed by atoms with Crippen LogP contribution < -0.4 is 10.1 Å². The van der Waals surface area contributed by atoms with Crippen LogP contribution in [0.15, 0.2) is 29.4 Å². The highest BCUT2D eigenvalue weighted by molar-refractivity contribution is 5.94. The molecule has 0 aromatic heterocycles. The number of likely N-dealkylation sites (tertiary alicyclic amines) is 1. The van der Waals surface area contributed by atoms with Gasteiger partial charge in [-0.15, -0.1) is 0 Å². The van der Waals surface area contributed by atoms with Crippen molar-refractivity contribution in [1.82, 2.24) is 10.2 Å². The Kier molecular flexibility index (Phi) is 7.46. The van der Waals surface area contributed by atoms with Gasteiger partial charge in [0.1, 0.15) is 24.6 Å². The van der Waals surface area contributed by atoms with Crippen molar-refractivity contribution in [2.45, 2.75) is 44.8 Å². The number of ether oxygens (including phenoxy) is 2. The molecule has 29 heavy (non-hydrogen) atoms. The smallest absolute Gasteiger partial charge is 0.251 e. The van der Waals surface area contributed by atoms with E-state index in [0.29, 0.717) is 25.2 Å². The number of oxime groups is 1. The summed E-state index contributed by atoms with van der Waals surface area (Å²) in [6.45, 7) is 3.93. The molecule has 1 unspecified atom stereocenters. The largest absolute Gasteiger partial charge is 0.490 e. The molecule has 8 nitrogen and oxygen atoms in total. The van der Waals surface area contributed by atoms with Crippen LogP contribution in [-0.2, 0) is 14.4 Å². The highest BCUT2D eigenvalue weighted by Crippen LogP contribution is 2.20. The maximum Gasteiger partial charge on any atom is 0.251 e. The van der Waals surface area contributed by atoms with E-state index in [4.69, 9.17) is 14.3 Å². The number of hydrogen-bond acceptors (Lipinski definition) is 6. The molecular weight excluding hydrogens is 374 g/mol. The predicted molar refractivity (Wildman–Crippen MR) is 108 cm³/mol. The second kappa shape index (κ2) is 10.2. The Morgan fingerprint density at radius 3 is 2.59 bits per heavy atom. The summed E-state index contributed by atoms with van der Waals surface area (Å²) >= 11 is 0. The SMILES string of the molecule is CCC1=NOC(CNC(=O)c2ccc(OC3CCN(C(=O)COC)CC3)cc2)C1. The van der Waals surface area contributed by atoms with Crippen LogP contribution in [0.4, 0.5) is 0 Å². The first-order chi connectivity index (χ1) is 14.1. The second-order valence-corrected chi connectivity index (χ2v) is 7.31. The van der Waals surface area contributed by atoms with Crippen LogP contribution in [0.5, 0.6) is 5.75 Å². The number of amides is 2. The van der Waals surface area contributed by atoms with Gasteiger partial charge in [-0.3, -0.25) is 9.59 Å². The van der Waals surface area contributed by atoms with Gasteiger partial charge < -0.3 is 24.5 Å². The fourth-order valence-corrected chi connectivity index (χ4v) is 3.43. The molecule has 1 fully saturated rings. The summed E-state index contributed by atoms with van der Waals surface area (Å²) in [5.41, 5.74) is 1.60. The van der Waals surface area contributed by atoms with Crippen LogP contribution in [0.25, 0.3) is 0 Å². The van der Waals surface area contributed by atoms with Crippen molar-refractivity contribution < 1.29 is 23.9 Å². The highest BCUT2D eigenvalue weighted by Gasteiger charge is 2.24. The van der Waals surface area contributed by atoms with E-state index in [9.17, 15) is 9.59 Å². The zero-order chi connectivity index (χ0) is 20.6. The van der Waals surface area contributed by atoms with Crippen LogP contribution >= 0.6 is 0 Å². The monoisotopic (exact) mass is 403 g/mol. The molecule has 0 radical (unpaired) electrons. The van der Waals surface area contributed by atoms with Crippen LogP contribution in [0.3, 0.4) is 0 Å². The minimum absolute atomic E-state index is 0.0156. The van der Waals surface area contributed by atoms with Crippen LogP contribution in [0, 0.1) is 0 Å². The minimum atomic E-state index is -0.143. The van der Waals surface area contributed by atoms with Gasteiger partial charge in [-0.25, -0.2) is 0 Å². The molecular formula is C21H29N3O5. The average molecular weight is 403 g/mol. The summed E-state index contributed by atoms with van der Waals surface area (Å²) in [6, 6.07) is 7.13. The lowest BCUT2D eigenvalue weighted by Gasteiger charge is -2.32. The standard InChI is InChI=1S/C21H29N3O5/c1-3-16-12-19(29-23-16)13-22-21(26)15-4-6-17(7-5-15)28-18-8-10-24(11-9-18)20(25)14-27-2/h4-7,18-19H,3,8-14H2,1-2H3,(H,22,26). The van der Waals surface area contributed by atoms with Gasteiger partial charge in [0.25, 0.3) is 5.91 Å². The number of hydrogen-bond donors (Lipinski definition) is 1. The van der Waals surface area contributed by atoms with Crippen LogP contribution in [0.2, 0.25) is 0 Å². The predicted octanol–water partition coefficient (Wildman–Crippen LogP) is 1.99. The van der Waals surface area contributed by atoms with Crippen molar-refractivity contribution in [3.63, 3.8) is 0 Å². The van der Waals surface area contributed by atoms with Gasteiger partial charge in [0, 0.05) is 45.0 Å². The number of nitrogens with zero attached hydrogens (tertiary/aromatic N) is 2. The molecule has 2 aliphatic heterocycles. The first-order valence-corrected chi connectivity index (χ1v) is 10.1. The molecule has 3 rings (SSSR count). The molecule has 2 amide bonds. The van der Waals surface area contributed by atoms with E-state index >= 15 is 0 Å². The van der Waals surface area contributed by atoms with E-state index in [0.717, 1.165) is 37.1 Å². The Balaban J connectivity index is 1.41. The zero-order valence-electron chi connectivity index (χ0n) is 17.1. The van der Waals surface area contributed by atoms with Crippen molar-refractivity contribution in [1.29, 1.82) is 0 Å². The van der Waals surface area contributed by atoms with Crippen molar-refractivity contribution in [2.24, 2.45) is 5.16 Å². The molecule has 2 aliphatic rings. The van der Waals surface area contributed by atoms with Gasteiger partial charge in [-0.05, 0) is 30.7 Å². The van der Waals surface area contributed by atoms with Crippen molar-refractivity contribution >= 4 is 17.5 Å². The lowest BCUT2D eigenvalue weighted by Crippen LogP contribution is -2.43. The third kappa shape index (κ3) is 5.93. The molecule has 1 aromatic rings. The molecule has 1 atom stereocenters. The van der Waals surface area contributed by atoms with Crippen molar-refractivity contribution in [3.8, 4) is 5.75 Å². The first-order valence-electron chi connectivity index (χ1n) is 10.1. The van der Waals surface area contributed by atoms with Gasteiger partial charge >= 0.3 is 0 Å². The number of piperidine rings is 1. The summed E-state index contributed by atoms with van der Waals surface area (Å²) in [5, 5.41) is 6.88. The summed E-state index contributed by atoms with van der Waals surface area (Å²) in [7, 11) is 1.52. The molecule has 1 N–H and O–H groups in total. The van der Waals surface area contributed by atoms with E-state index in [1.807, 2.05) is 19.1 Å². The normalized spacial score (nSPS) is 19.4. The highest BCUT2D eigenvalue weighted by atomic mass is 16.6. The lowest BCUT2D eigenvalue weighted by atomic mass is 10.1. The first kappa shape index (κ1) is 21.1. The Morgan fingerprint density at radius 1 is 1.24 bits per heavy atom. The molecule has 0 saturated carbocycles. The molecule has 158 valence electrons. The topological polar surface area (TPSA) is 89.5 Å². The van der Waals surface area contributed by atoms with Gasteiger partial charge in [0.15, 0.2) is 0 Å². The maximum atomic E-state index is 12.3. The zero-order valence-corrected chi connectivity index (χ0v) is 17.1. The van der Waals surface area contributed by atoms with E-state index in [1.54, 1.807) is 17.0 Å². The quantitative estimate of drug-likeness (QED) is 0.717. The van der Waals surface area contributed by atoms with Crippen LogP contribution in [-0.4, -0.2) is 68.0 Å². The number of carbonyl (C=O) groups excluding carboxylic acids is 2. The fourth-order valence-electron chi connectivity index (χ4n) is 3.43. The number of benzene rings is 1. The molecule has 2 heterocycles. The summed E-state index contributed by atoms with van der Waals surface area (Å²) in [5.74, 6) is 0.597. The second-order valence-electron chi connectivity index (χ2n) is 7.31. The Morgan fingerprint density at radius 2 is 1.97 bits per heavy atom. The van der Waals surface area contributed by atoms with Crippen molar-refractivity contribution in [3.05, 3.63) is 29.8 Å². The van der Waals surface area contributed by atoms with Gasteiger partial charge in [0.2, 0.25) is 5.91 Å². The Bertz CT molecular complexity index is 726. The third-order valence-corrected chi connectivity index (χ3v) is 5.17. The van der Waals surface area contributed by atoms with Gasteiger partial charge in [-0.1, -0.05) is 12.1 Å². The van der Waals surface area contributed by atoms with Gasteiger partial charge in [0.05, 0.1) is 12.3 Å². The molecule has 0 aliphatic carbocycles. The van der Waals surface area contributed by atoms with Crippen molar-refractivity contribution in [2.75, 3.05) is 33.4 Å². The van der Waals surface area contributed by atoms with E-state index in [-0.39, 0.29) is 30.6 Å². The summed E-state index contributed by atoms with van der Waals surface area (Å²) in [4.78, 5) is 31.3. The molecule has 1 aromatic carbocycles. The molecule has 8 heteroatoms. The van der Waals surface area contributed by atoms with E-state index in [2.05, 4.69) is 10.5 Å².